The first-order chi connectivity index (χ1) is 18.1. The molecule has 0 spiro atoms. The third-order valence-corrected chi connectivity index (χ3v) is 5.44. The number of benzene rings is 1. The van der Waals surface area contributed by atoms with Gasteiger partial charge >= 0.3 is 0 Å². The Morgan fingerprint density at radius 1 is 0.946 bits per heavy atom. The minimum atomic E-state index is -0.870. The maximum absolute atomic E-state index is 14.5. The van der Waals surface area contributed by atoms with E-state index in [1.165, 1.54) is 26.6 Å². The summed E-state index contributed by atoms with van der Waals surface area (Å²) in [6, 6.07) is 4.61. The zero-order chi connectivity index (χ0) is 26.0. The number of nitrogens with one attached hydrogen (secondary N) is 1. The maximum atomic E-state index is 14.5. The number of hydrogen-bond donors (Lipinski definition) is 1. The molecule has 198 valence electrons. The van der Waals surface area contributed by atoms with Crippen LogP contribution in [0.3, 0.4) is 0 Å². The van der Waals surface area contributed by atoms with Crippen LogP contribution in [0.25, 0.3) is 0 Å². The number of halogens is 2. The summed E-state index contributed by atoms with van der Waals surface area (Å²) < 4.78 is 61.0. The van der Waals surface area contributed by atoms with Crippen molar-refractivity contribution < 1.29 is 37.2 Å². The number of rotatable bonds is 12. The van der Waals surface area contributed by atoms with Gasteiger partial charge in [-0.15, -0.1) is 0 Å². The number of nitrogens with zero attached hydrogens (tertiary/aromatic N) is 3. The molecule has 0 saturated carbocycles. The van der Waals surface area contributed by atoms with Crippen molar-refractivity contribution in [2.24, 2.45) is 0 Å². The van der Waals surface area contributed by atoms with Crippen LogP contribution in [0.2, 0.25) is 0 Å². The molecule has 12 heteroatoms. The van der Waals surface area contributed by atoms with Gasteiger partial charge in [0.1, 0.15) is 13.2 Å². The van der Waals surface area contributed by atoms with Crippen LogP contribution in [0.5, 0.6) is 23.1 Å². The summed E-state index contributed by atoms with van der Waals surface area (Å²) in [7, 11) is 2.55. The molecule has 1 fully saturated rings. The lowest BCUT2D eigenvalue weighted by Crippen LogP contribution is -2.24. The van der Waals surface area contributed by atoms with Gasteiger partial charge in [0.05, 0.1) is 50.7 Å². The zero-order valence-corrected chi connectivity index (χ0v) is 20.5. The smallest absolute Gasteiger partial charge is 0.227 e. The van der Waals surface area contributed by atoms with Gasteiger partial charge in [0.25, 0.3) is 0 Å². The maximum Gasteiger partial charge on any atom is 0.227 e. The van der Waals surface area contributed by atoms with Crippen LogP contribution in [0, 0.1) is 11.6 Å². The Hall–Kier alpha value is -3.77. The lowest BCUT2D eigenvalue weighted by molar-refractivity contribution is -0.165. The van der Waals surface area contributed by atoms with E-state index in [4.69, 9.17) is 28.4 Å². The largest absolute Gasteiger partial charge is 0.494 e. The van der Waals surface area contributed by atoms with Gasteiger partial charge in [0.2, 0.25) is 11.8 Å². The van der Waals surface area contributed by atoms with Gasteiger partial charge in [-0.25, -0.2) is 23.7 Å². The average Bonchev–Trinajstić information content (AvgIpc) is 2.93. The number of methoxy groups -OCH3 is 2. The average molecular weight is 519 g/mol. The molecule has 2 aromatic heterocycles. The Balaban J connectivity index is 1.25. The fourth-order valence-corrected chi connectivity index (χ4v) is 3.51. The molecule has 1 aliphatic heterocycles. The second-order valence-corrected chi connectivity index (χ2v) is 7.94. The van der Waals surface area contributed by atoms with E-state index in [0.29, 0.717) is 24.8 Å². The van der Waals surface area contributed by atoms with Crippen LogP contribution in [-0.4, -0.2) is 55.3 Å². The Labute approximate surface area is 212 Å². The molecule has 1 N–H and O–H groups in total. The Morgan fingerprint density at radius 3 is 2.32 bits per heavy atom. The molecule has 3 heterocycles. The minimum absolute atomic E-state index is 0.152. The predicted octanol–water partition coefficient (Wildman–Crippen LogP) is 4.41. The van der Waals surface area contributed by atoms with Gasteiger partial charge in [-0.05, 0) is 25.3 Å². The van der Waals surface area contributed by atoms with E-state index in [0.717, 1.165) is 31.9 Å². The molecule has 1 atom stereocenters. The highest BCUT2D eigenvalue weighted by Crippen LogP contribution is 2.32. The van der Waals surface area contributed by atoms with Gasteiger partial charge in [0, 0.05) is 18.7 Å². The molecular formula is C25H28F2N4O6. The standard InChI is InChI=1S/C25H28F2N4O6/c1-32-19-11-20(33-2)24(27)18(23(19)26)15-37-17-13-29-25(30-14-17)31-16-6-7-21(28-12-16)34-9-10-36-22-5-3-4-8-35-22/h6-7,11-14,22H,3-5,8-10,15H2,1-2H3,(H,29,30,31). The molecule has 0 amide bonds. The second kappa shape index (κ2) is 13.0. The van der Waals surface area contributed by atoms with Crippen molar-refractivity contribution in [3.63, 3.8) is 0 Å². The first kappa shape index (κ1) is 26.3. The van der Waals surface area contributed by atoms with Crippen LogP contribution >= 0.6 is 0 Å². The van der Waals surface area contributed by atoms with E-state index in [1.54, 1.807) is 18.3 Å². The third kappa shape index (κ3) is 7.14. The van der Waals surface area contributed by atoms with Crippen LogP contribution in [-0.2, 0) is 16.1 Å². The molecule has 3 aromatic rings. The third-order valence-electron chi connectivity index (χ3n) is 5.44. The normalized spacial score (nSPS) is 15.2. The lowest BCUT2D eigenvalue weighted by atomic mass is 10.1. The van der Waals surface area contributed by atoms with Gasteiger partial charge in [-0.2, -0.15) is 0 Å². The SMILES string of the molecule is COc1cc(OC)c(F)c(COc2cnc(Nc3ccc(OCCOC4CCCCO4)nc3)nc2)c1F. The first-order valence-corrected chi connectivity index (χ1v) is 11.7. The molecule has 1 aromatic carbocycles. The number of pyridine rings is 1. The molecule has 10 nitrogen and oxygen atoms in total. The molecule has 1 unspecified atom stereocenters. The summed E-state index contributed by atoms with van der Waals surface area (Å²) in [5.74, 6) is -1.09. The van der Waals surface area contributed by atoms with Crippen molar-refractivity contribution in [3.05, 3.63) is 54.0 Å². The van der Waals surface area contributed by atoms with E-state index in [9.17, 15) is 8.78 Å². The monoisotopic (exact) mass is 518 g/mol. The van der Waals surface area contributed by atoms with Crippen molar-refractivity contribution in [3.8, 4) is 23.1 Å². The van der Waals surface area contributed by atoms with E-state index < -0.39 is 18.2 Å². The Kier molecular flexibility index (Phi) is 9.22. The number of anilines is 2. The quantitative estimate of drug-likeness (QED) is 0.347. The van der Waals surface area contributed by atoms with E-state index in [2.05, 4.69) is 20.3 Å². The summed E-state index contributed by atoms with van der Waals surface area (Å²) in [6.07, 6.45) is 7.28. The first-order valence-electron chi connectivity index (χ1n) is 11.7. The lowest BCUT2D eigenvalue weighted by Gasteiger charge is -2.22. The number of aromatic nitrogens is 3. The van der Waals surface area contributed by atoms with Gasteiger partial charge in [-0.3, -0.25) is 0 Å². The van der Waals surface area contributed by atoms with E-state index in [1.807, 2.05) is 0 Å². The zero-order valence-electron chi connectivity index (χ0n) is 20.5. The second-order valence-electron chi connectivity index (χ2n) is 7.94. The molecule has 37 heavy (non-hydrogen) atoms. The van der Waals surface area contributed by atoms with Crippen LogP contribution in [0.15, 0.2) is 36.8 Å². The van der Waals surface area contributed by atoms with Crippen LogP contribution in [0.1, 0.15) is 24.8 Å². The summed E-state index contributed by atoms with van der Waals surface area (Å²) in [5, 5.41) is 3.00. The minimum Gasteiger partial charge on any atom is -0.494 e. The number of hydrogen-bond acceptors (Lipinski definition) is 10. The molecule has 0 bridgehead atoms. The van der Waals surface area contributed by atoms with E-state index >= 15 is 0 Å². The molecule has 1 saturated heterocycles. The highest BCUT2D eigenvalue weighted by atomic mass is 19.1. The van der Waals surface area contributed by atoms with E-state index in [-0.39, 0.29) is 35.1 Å². The predicted molar refractivity (Wildman–Crippen MR) is 128 cm³/mol. The molecule has 0 aliphatic carbocycles. The van der Waals surface area contributed by atoms with Crippen molar-refractivity contribution >= 4 is 11.6 Å². The van der Waals surface area contributed by atoms with Crippen molar-refractivity contribution in [1.82, 2.24) is 15.0 Å². The fourth-order valence-electron chi connectivity index (χ4n) is 3.51. The van der Waals surface area contributed by atoms with Gasteiger partial charge in [0.15, 0.2) is 35.2 Å². The Morgan fingerprint density at radius 2 is 1.70 bits per heavy atom. The molecular weight excluding hydrogens is 490 g/mol. The highest BCUT2D eigenvalue weighted by Gasteiger charge is 2.20. The van der Waals surface area contributed by atoms with Gasteiger partial charge < -0.3 is 33.7 Å². The highest BCUT2D eigenvalue weighted by molar-refractivity contribution is 5.52. The summed E-state index contributed by atoms with van der Waals surface area (Å²) in [6.45, 7) is 1.10. The van der Waals surface area contributed by atoms with Crippen molar-refractivity contribution in [2.75, 3.05) is 39.4 Å². The van der Waals surface area contributed by atoms with Crippen molar-refractivity contribution in [1.29, 1.82) is 0 Å². The summed E-state index contributed by atoms with van der Waals surface area (Å²) in [5.41, 5.74) is 0.307. The fraction of sp³-hybridized carbons (Fsp3) is 0.400. The van der Waals surface area contributed by atoms with Crippen molar-refractivity contribution in [2.45, 2.75) is 32.2 Å². The Bertz CT molecular complexity index is 1120. The molecule has 4 rings (SSSR count). The molecule has 1 aliphatic rings. The van der Waals surface area contributed by atoms with Gasteiger partial charge in [-0.1, -0.05) is 0 Å². The summed E-state index contributed by atoms with van der Waals surface area (Å²) in [4.78, 5) is 12.6. The van der Waals surface area contributed by atoms with Crippen LogP contribution in [0.4, 0.5) is 20.4 Å². The topological polar surface area (TPSA) is 106 Å². The summed E-state index contributed by atoms with van der Waals surface area (Å²) >= 11 is 0. The van der Waals surface area contributed by atoms with Crippen LogP contribution < -0.4 is 24.3 Å². The number of ether oxygens (including phenoxy) is 6. The molecule has 0 radical (unpaired) electrons.